The van der Waals surface area contributed by atoms with Crippen molar-refractivity contribution in [2.24, 2.45) is 11.8 Å². The lowest BCUT2D eigenvalue weighted by Crippen LogP contribution is -2.44. The van der Waals surface area contributed by atoms with E-state index >= 15 is 0 Å². The van der Waals surface area contributed by atoms with Crippen LogP contribution < -0.4 is 9.44 Å². The highest BCUT2D eigenvalue weighted by atomic mass is 35.5. The first-order valence-electron chi connectivity index (χ1n) is 22.4. The fraction of sp³-hybridized carbons (Fsp3) is 0.308. The smallest absolute Gasteiger partial charge is 0.301 e. The van der Waals surface area contributed by atoms with Gasteiger partial charge in [0.25, 0.3) is 0 Å². The first kappa shape index (κ1) is 43.8. The monoisotopic (exact) mass is 948 g/mol. The van der Waals surface area contributed by atoms with E-state index < -0.39 is 21.8 Å². The van der Waals surface area contributed by atoms with Crippen molar-refractivity contribution in [1.82, 2.24) is 8.61 Å². The van der Waals surface area contributed by atoms with Crippen LogP contribution in [0.4, 0.5) is 11.4 Å². The Morgan fingerprint density at radius 2 is 1.14 bits per heavy atom. The molecular formula is C52H51Cl3N4O3S2. The first-order valence-corrected chi connectivity index (χ1v) is 26.1. The predicted molar refractivity (Wildman–Crippen MR) is 263 cm³/mol. The molecule has 0 amide bonds. The van der Waals surface area contributed by atoms with E-state index in [0.717, 1.165) is 63.6 Å². The summed E-state index contributed by atoms with van der Waals surface area (Å²) >= 11 is 18.2. The van der Waals surface area contributed by atoms with Crippen LogP contribution >= 0.6 is 34.8 Å². The Hall–Kier alpha value is -4.03. The SMILES string of the molecule is O=S(=O)(Nc1ccc(Cl)cc1Cl)N1CCCC(C2c3ccccc3CC(c3ccc(N[S+]([O-])N4CCCC(C5c6ccccc6CCc6ccccc65)C4)c(Cl)c3)c3ccccc32)C1. The van der Waals surface area contributed by atoms with Crippen molar-refractivity contribution in [3.63, 3.8) is 0 Å². The number of aryl methyl sites for hydroxylation is 2. The highest BCUT2D eigenvalue weighted by Gasteiger charge is 2.40. The van der Waals surface area contributed by atoms with Crippen LogP contribution in [0.15, 0.2) is 133 Å². The molecule has 2 heterocycles. The third-order valence-corrected chi connectivity index (χ3v) is 17.6. The molecular weight excluding hydrogens is 899 g/mol. The molecule has 2 aliphatic carbocycles. The molecule has 64 heavy (non-hydrogen) atoms. The minimum absolute atomic E-state index is 0.00952. The molecule has 2 N–H and O–H groups in total. The van der Waals surface area contributed by atoms with Gasteiger partial charge in [0.15, 0.2) is 11.5 Å². The Morgan fingerprint density at radius 1 is 0.594 bits per heavy atom. The van der Waals surface area contributed by atoms with Gasteiger partial charge in [0, 0.05) is 42.4 Å². The predicted octanol–water partition coefficient (Wildman–Crippen LogP) is 12.2. The van der Waals surface area contributed by atoms with Gasteiger partial charge in [-0.2, -0.15) is 17.4 Å². The second kappa shape index (κ2) is 18.7. The molecule has 330 valence electrons. The van der Waals surface area contributed by atoms with Crippen LogP contribution in [0.25, 0.3) is 0 Å². The molecule has 0 radical (unpaired) electrons. The quantitative estimate of drug-likeness (QED) is 0.141. The van der Waals surface area contributed by atoms with Crippen LogP contribution in [-0.2, 0) is 41.0 Å². The van der Waals surface area contributed by atoms with Gasteiger partial charge in [-0.05, 0) is 137 Å². The number of nitrogens with one attached hydrogen (secondary N) is 2. The number of halogens is 3. The Bertz CT molecular complexity index is 2740. The maximum Gasteiger partial charge on any atom is 0.301 e. The summed E-state index contributed by atoms with van der Waals surface area (Å²) in [7, 11) is -3.91. The summed E-state index contributed by atoms with van der Waals surface area (Å²) < 4.78 is 51.7. The van der Waals surface area contributed by atoms with Gasteiger partial charge in [-0.25, -0.2) is 0 Å². The average molecular weight is 950 g/mol. The molecule has 0 spiro atoms. The highest BCUT2D eigenvalue weighted by Crippen LogP contribution is 2.48. The molecule has 2 aliphatic heterocycles. The second-order valence-electron chi connectivity index (χ2n) is 17.8. The van der Waals surface area contributed by atoms with E-state index in [1.54, 1.807) is 16.4 Å². The number of benzene rings is 6. The topological polar surface area (TPSA) is 87.7 Å². The molecule has 5 atom stereocenters. The van der Waals surface area contributed by atoms with Crippen LogP contribution in [0.1, 0.15) is 93.5 Å². The minimum atomic E-state index is -3.91. The van der Waals surface area contributed by atoms with Gasteiger partial charge in [0.2, 0.25) is 0 Å². The van der Waals surface area contributed by atoms with E-state index in [2.05, 4.69) is 117 Å². The molecule has 10 rings (SSSR count). The van der Waals surface area contributed by atoms with Gasteiger partial charge < -0.3 is 4.55 Å². The van der Waals surface area contributed by atoms with E-state index in [0.29, 0.717) is 40.4 Å². The van der Waals surface area contributed by atoms with Gasteiger partial charge in [-0.15, -0.1) is 4.31 Å². The zero-order valence-corrected chi connectivity index (χ0v) is 39.3. The van der Waals surface area contributed by atoms with Crippen LogP contribution in [0.2, 0.25) is 15.1 Å². The van der Waals surface area contributed by atoms with E-state index in [9.17, 15) is 13.0 Å². The van der Waals surface area contributed by atoms with Gasteiger partial charge in [0.1, 0.15) is 5.69 Å². The van der Waals surface area contributed by atoms with Crippen molar-refractivity contribution < 1.29 is 13.0 Å². The fourth-order valence-electron chi connectivity index (χ4n) is 11.1. The molecule has 0 bridgehead atoms. The van der Waals surface area contributed by atoms with Gasteiger partial charge in [-0.1, -0.05) is 138 Å². The van der Waals surface area contributed by atoms with E-state index in [1.807, 2.05) is 12.1 Å². The fourth-order valence-corrected chi connectivity index (χ4v) is 14.4. The summed E-state index contributed by atoms with van der Waals surface area (Å²) in [5.41, 5.74) is 12.5. The van der Waals surface area contributed by atoms with E-state index in [-0.39, 0.29) is 28.7 Å². The molecule has 0 saturated carbocycles. The number of rotatable bonds is 9. The molecule has 6 aromatic rings. The normalized spacial score (nSPS) is 22.2. The number of hydrogen-bond donors (Lipinski definition) is 2. The average Bonchev–Trinajstić information content (AvgIpc) is 3.57. The minimum Gasteiger partial charge on any atom is -0.573 e. The lowest BCUT2D eigenvalue weighted by atomic mass is 9.75. The zero-order valence-electron chi connectivity index (χ0n) is 35.4. The van der Waals surface area contributed by atoms with Gasteiger partial charge in [0.05, 0.1) is 22.3 Å². The van der Waals surface area contributed by atoms with Crippen molar-refractivity contribution in [2.45, 2.75) is 62.7 Å². The van der Waals surface area contributed by atoms with Crippen molar-refractivity contribution in [3.05, 3.63) is 199 Å². The third kappa shape index (κ3) is 8.83. The van der Waals surface area contributed by atoms with Gasteiger partial charge in [-0.3, -0.25) is 4.72 Å². The lowest BCUT2D eigenvalue weighted by Gasteiger charge is -2.37. The molecule has 2 fully saturated rings. The Labute approximate surface area is 395 Å². The maximum absolute atomic E-state index is 14.2. The van der Waals surface area contributed by atoms with E-state index in [1.165, 1.54) is 50.6 Å². The summed E-state index contributed by atoms with van der Waals surface area (Å²) in [6, 6.07) is 45.9. The zero-order chi connectivity index (χ0) is 44.0. The summed E-state index contributed by atoms with van der Waals surface area (Å²) in [6.07, 6.45) is 6.50. The number of anilines is 2. The van der Waals surface area contributed by atoms with Crippen molar-refractivity contribution >= 4 is 67.9 Å². The van der Waals surface area contributed by atoms with Gasteiger partial charge >= 0.3 is 10.2 Å². The van der Waals surface area contributed by atoms with E-state index in [4.69, 9.17) is 34.8 Å². The second-order valence-corrected chi connectivity index (χ2v) is 22.0. The van der Waals surface area contributed by atoms with Crippen LogP contribution in [0.5, 0.6) is 0 Å². The molecule has 6 aromatic carbocycles. The van der Waals surface area contributed by atoms with Crippen LogP contribution in [0.3, 0.4) is 0 Å². The molecule has 7 nitrogen and oxygen atoms in total. The van der Waals surface area contributed by atoms with Crippen molar-refractivity contribution in [2.75, 3.05) is 35.6 Å². The first-order chi connectivity index (χ1) is 31.1. The van der Waals surface area contributed by atoms with Crippen LogP contribution in [-0.4, -0.2) is 47.8 Å². The Balaban J connectivity index is 0.893. The largest absolute Gasteiger partial charge is 0.573 e. The molecule has 2 saturated heterocycles. The van der Waals surface area contributed by atoms with Crippen molar-refractivity contribution in [3.8, 4) is 0 Å². The Kier molecular flexibility index (Phi) is 12.8. The molecule has 12 heteroatoms. The number of hydrogen-bond acceptors (Lipinski definition) is 5. The number of fused-ring (bicyclic) bond motifs is 4. The standard InChI is InChI=1S/C52H51Cl3N4O3S2/c53-40-24-26-50(48(55)31-40)57-64(61,62)59-28-10-15-39(33-59)52-43-18-6-3-13-36(43)29-46(44-19-7-8-20-45(44)52)37-23-25-49(47(54)30-37)56-63(60)58-27-9-14-38(32-58)51-41-16-4-1-11-34(41)21-22-35-12-2-5-17-42(35)51/h1-8,11-13,16-20,23-26,30-31,38-39,46,51-52,56-57H,9-10,14-15,21-22,27-29,32-33H2. The lowest BCUT2D eigenvalue weighted by molar-refractivity contribution is 0.249. The van der Waals surface area contributed by atoms with Crippen molar-refractivity contribution in [1.29, 1.82) is 0 Å². The maximum atomic E-state index is 14.2. The molecule has 5 unspecified atom stereocenters. The molecule has 4 aliphatic rings. The highest BCUT2D eigenvalue weighted by molar-refractivity contribution is 7.90. The summed E-state index contributed by atoms with van der Waals surface area (Å²) in [5, 5.41) is 1.21. The summed E-state index contributed by atoms with van der Waals surface area (Å²) in [5.74, 6) is 0.572. The number of nitrogens with zero attached hydrogens (tertiary/aromatic N) is 2. The van der Waals surface area contributed by atoms with Crippen LogP contribution in [0, 0.1) is 11.8 Å². The number of piperidine rings is 2. The summed E-state index contributed by atoms with van der Waals surface area (Å²) in [6.45, 7) is 2.25. The molecule has 0 aromatic heterocycles. The third-order valence-electron chi connectivity index (χ3n) is 14.1. The Morgan fingerprint density at radius 3 is 1.81 bits per heavy atom. The summed E-state index contributed by atoms with van der Waals surface area (Å²) in [4.78, 5) is 0.